The van der Waals surface area contributed by atoms with E-state index in [4.69, 9.17) is 15.0 Å². The van der Waals surface area contributed by atoms with Crippen molar-refractivity contribution in [1.29, 1.82) is 0 Å². The number of carbonyl (C=O) groups is 1. The van der Waals surface area contributed by atoms with Crippen LogP contribution >= 0.6 is 0 Å². The van der Waals surface area contributed by atoms with Crippen LogP contribution in [0.1, 0.15) is 75.6 Å². The van der Waals surface area contributed by atoms with Crippen LogP contribution in [0.25, 0.3) is 0 Å². The van der Waals surface area contributed by atoms with Crippen molar-refractivity contribution in [2.24, 2.45) is 5.73 Å². The van der Waals surface area contributed by atoms with Gasteiger partial charge in [-0.25, -0.2) is 0 Å². The van der Waals surface area contributed by atoms with Gasteiger partial charge in [-0.15, -0.1) is 0 Å². The van der Waals surface area contributed by atoms with E-state index in [1.54, 1.807) is 10.9 Å². The highest BCUT2D eigenvalue weighted by Gasteiger charge is 2.51. The molecule has 1 aliphatic heterocycles. The molecule has 156 valence electrons. The summed E-state index contributed by atoms with van der Waals surface area (Å²) in [5.74, 6) is -0.450. The number of nitrogens with zero attached hydrogens (tertiary/aromatic N) is 2. The van der Waals surface area contributed by atoms with Crippen LogP contribution in [-0.2, 0) is 21.3 Å². The molecule has 1 fully saturated rings. The van der Waals surface area contributed by atoms with Crippen molar-refractivity contribution in [3.63, 3.8) is 0 Å². The highest BCUT2D eigenvalue weighted by molar-refractivity contribution is 6.62. The fourth-order valence-electron chi connectivity index (χ4n) is 3.43. The number of primary amides is 1. The molecular formula is C22H32BN3O3. The van der Waals surface area contributed by atoms with E-state index in [0.717, 1.165) is 22.3 Å². The monoisotopic (exact) mass is 397 g/mol. The molecule has 29 heavy (non-hydrogen) atoms. The molecule has 1 aromatic carbocycles. The van der Waals surface area contributed by atoms with Crippen molar-refractivity contribution in [3.05, 3.63) is 46.8 Å². The zero-order valence-electron chi connectivity index (χ0n) is 18.8. The number of nitrogens with two attached hydrogens (primary N) is 1. The predicted octanol–water partition coefficient (Wildman–Crippen LogP) is 2.94. The summed E-state index contributed by atoms with van der Waals surface area (Å²) in [6.07, 6.45) is 1.74. The molecule has 2 heterocycles. The average molecular weight is 397 g/mol. The lowest BCUT2D eigenvalue weighted by Crippen LogP contribution is -2.41. The summed E-state index contributed by atoms with van der Waals surface area (Å²) in [5, 5.41) is 4.64. The van der Waals surface area contributed by atoms with Gasteiger partial charge in [-0.2, -0.15) is 5.10 Å². The molecule has 7 heteroatoms. The van der Waals surface area contributed by atoms with Crippen LogP contribution in [-0.4, -0.2) is 34.0 Å². The Labute approximate surface area is 173 Å². The number of hydrogen-bond donors (Lipinski definition) is 1. The van der Waals surface area contributed by atoms with Gasteiger partial charge in [0.15, 0.2) is 0 Å². The van der Waals surface area contributed by atoms with Crippen molar-refractivity contribution in [1.82, 2.24) is 9.78 Å². The van der Waals surface area contributed by atoms with Crippen LogP contribution in [0.3, 0.4) is 0 Å². The molecule has 6 nitrogen and oxygen atoms in total. The van der Waals surface area contributed by atoms with E-state index in [1.807, 2.05) is 26.8 Å². The van der Waals surface area contributed by atoms with Crippen molar-refractivity contribution in [2.75, 3.05) is 0 Å². The molecule has 0 saturated carbocycles. The average Bonchev–Trinajstić information content (AvgIpc) is 3.08. The molecule has 1 saturated heterocycles. The van der Waals surface area contributed by atoms with E-state index < -0.39 is 5.91 Å². The van der Waals surface area contributed by atoms with Crippen molar-refractivity contribution in [3.8, 4) is 0 Å². The van der Waals surface area contributed by atoms with Gasteiger partial charge in [-0.1, -0.05) is 39.0 Å². The maximum absolute atomic E-state index is 11.8. The molecule has 0 unspecified atom stereocenters. The highest BCUT2D eigenvalue weighted by atomic mass is 16.7. The summed E-state index contributed by atoms with van der Waals surface area (Å²) in [6, 6.07) is 6.20. The van der Waals surface area contributed by atoms with Gasteiger partial charge in [0.2, 0.25) is 0 Å². The van der Waals surface area contributed by atoms with Crippen LogP contribution in [0, 0.1) is 6.92 Å². The van der Waals surface area contributed by atoms with E-state index in [-0.39, 0.29) is 23.7 Å². The molecular weight excluding hydrogens is 365 g/mol. The van der Waals surface area contributed by atoms with Gasteiger partial charge in [0.1, 0.15) is 0 Å². The van der Waals surface area contributed by atoms with E-state index in [9.17, 15) is 4.79 Å². The number of rotatable bonds is 4. The largest absolute Gasteiger partial charge is 0.494 e. The van der Waals surface area contributed by atoms with Crippen LogP contribution < -0.4 is 11.2 Å². The van der Waals surface area contributed by atoms with Crippen molar-refractivity contribution < 1.29 is 14.1 Å². The Morgan fingerprint density at radius 3 is 2.21 bits per heavy atom. The van der Waals surface area contributed by atoms with E-state index in [1.165, 1.54) is 0 Å². The summed E-state index contributed by atoms with van der Waals surface area (Å²) in [5.41, 5.74) is 8.99. The van der Waals surface area contributed by atoms with Gasteiger partial charge in [0, 0.05) is 11.6 Å². The molecule has 1 amide bonds. The Morgan fingerprint density at radius 1 is 1.17 bits per heavy atom. The number of aromatic nitrogens is 2. The second-order valence-corrected chi connectivity index (χ2v) is 9.98. The topological polar surface area (TPSA) is 79.4 Å². The van der Waals surface area contributed by atoms with Crippen molar-refractivity contribution >= 4 is 18.5 Å². The minimum Gasteiger partial charge on any atom is -0.399 e. The summed E-state index contributed by atoms with van der Waals surface area (Å²) in [4.78, 5) is 11.8. The Bertz CT molecular complexity index is 925. The molecule has 0 radical (unpaired) electrons. The number of benzene rings is 1. The molecule has 2 aromatic rings. The fraction of sp³-hybridized carbons (Fsp3) is 0.545. The molecule has 0 aliphatic carbocycles. The van der Waals surface area contributed by atoms with Gasteiger partial charge in [0.25, 0.3) is 5.91 Å². The van der Waals surface area contributed by atoms with Gasteiger partial charge in [-0.3, -0.25) is 9.48 Å². The van der Waals surface area contributed by atoms with E-state index >= 15 is 0 Å². The first-order chi connectivity index (χ1) is 13.2. The van der Waals surface area contributed by atoms with Crippen LogP contribution in [0.4, 0.5) is 0 Å². The first-order valence-corrected chi connectivity index (χ1v) is 10.0. The fourth-order valence-corrected chi connectivity index (χ4v) is 3.43. The zero-order valence-corrected chi connectivity index (χ0v) is 18.8. The normalized spacial score (nSPS) is 18.3. The van der Waals surface area contributed by atoms with E-state index in [0.29, 0.717) is 12.1 Å². The molecule has 0 bridgehead atoms. The van der Waals surface area contributed by atoms with Crippen LogP contribution in [0.5, 0.6) is 0 Å². The molecule has 1 aliphatic rings. The zero-order chi connectivity index (χ0) is 21.8. The second kappa shape index (κ2) is 6.99. The Hall–Kier alpha value is -2.12. The summed E-state index contributed by atoms with van der Waals surface area (Å²) in [7, 11) is -0.383. The predicted molar refractivity (Wildman–Crippen MR) is 115 cm³/mol. The number of hydrogen-bond acceptors (Lipinski definition) is 4. The molecule has 0 atom stereocenters. The lowest BCUT2D eigenvalue weighted by Gasteiger charge is -2.32. The first-order valence-electron chi connectivity index (χ1n) is 10.0. The Kier molecular flexibility index (Phi) is 5.20. The lowest BCUT2D eigenvalue weighted by molar-refractivity contribution is 0.00578. The van der Waals surface area contributed by atoms with Crippen molar-refractivity contribution in [2.45, 2.75) is 78.6 Å². The minimum atomic E-state index is -0.450. The van der Waals surface area contributed by atoms with Crippen LogP contribution in [0.15, 0.2) is 24.4 Å². The minimum absolute atomic E-state index is 0.259. The SMILES string of the molecule is Cc1cc(B2OC(C)(C)C(C)(C)O2)ccc1Cn1cc(C(N)=O)c(C(C)(C)C)n1. The lowest BCUT2D eigenvalue weighted by atomic mass is 9.78. The second-order valence-electron chi connectivity index (χ2n) is 9.98. The number of carbonyl (C=O) groups excluding carboxylic acids is 1. The standard InChI is InChI=1S/C22H32BN3O3/c1-14-11-16(23-28-21(5,6)22(7,8)29-23)10-9-15(14)12-26-13-17(19(24)27)18(25-26)20(2,3)4/h9-11,13H,12H2,1-8H3,(H2,24,27). The Balaban J connectivity index is 1.85. The maximum atomic E-state index is 11.8. The molecule has 1 aromatic heterocycles. The first kappa shape index (κ1) is 21.6. The third-order valence-electron chi connectivity index (χ3n) is 5.96. The van der Waals surface area contributed by atoms with Gasteiger partial charge in [0.05, 0.1) is 29.0 Å². The van der Waals surface area contributed by atoms with Gasteiger partial charge in [-0.05, 0) is 51.2 Å². The molecule has 3 rings (SSSR count). The molecule has 2 N–H and O–H groups in total. The van der Waals surface area contributed by atoms with Gasteiger partial charge < -0.3 is 15.0 Å². The van der Waals surface area contributed by atoms with E-state index in [2.05, 4.69) is 51.9 Å². The highest BCUT2D eigenvalue weighted by Crippen LogP contribution is 2.36. The smallest absolute Gasteiger partial charge is 0.399 e. The third kappa shape index (κ3) is 4.12. The quantitative estimate of drug-likeness (QED) is 0.805. The summed E-state index contributed by atoms with van der Waals surface area (Å²) >= 11 is 0. The number of aryl methyl sites for hydroxylation is 1. The summed E-state index contributed by atoms with van der Waals surface area (Å²) in [6.45, 7) is 16.9. The number of amides is 1. The molecule has 0 spiro atoms. The maximum Gasteiger partial charge on any atom is 0.494 e. The Morgan fingerprint density at radius 2 is 1.76 bits per heavy atom. The third-order valence-corrected chi connectivity index (χ3v) is 5.96. The summed E-state index contributed by atoms with van der Waals surface area (Å²) < 4.78 is 14.1. The van der Waals surface area contributed by atoms with Gasteiger partial charge >= 0.3 is 7.12 Å². The van der Waals surface area contributed by atoms with Crippen LogP contribution in [0.2, 0.25) is 0 Å².